The fourth-order valence-electron chi connectivity index (χ4n) is 4.89. The monoisotopic (exact) mass is 311 g/mol. The van der Waals surface area contributed by atoms with Gasteiger partial charge < -0.3 is 14.7 Å². The lowest BCUT2D eigenvalue weighted by Crippen LogP contribution is -2.41. The molecule has 22 heavy (non-hydrogen) atoms. The first kappa shape index (κ1) is 18.2. The predicted molar refractivity (Wildman–Crippen MR) is 92.0 cm³/mol. The van der Waals surface area contributed by atoms with Gasteiger partial charge in [0.15, 0.2) is 0 Å². The van der Waals surface area contributed by atoms with Crippen LogP contribution in [0.25, 0.3) is 0 Å². The Kier molecular flexibility index (Phi) is 5.95. The van der Waals surface area contributed by atoms with E-state index in [1.165, 1.54) is 19.3 Å². The fourth-order valence-corrected chi connectivity index (χ4v) is 4.89. The van der Waals surface area contributed by atoms with Crippen molar-refractivity contribution in [3.05, 3.63) is 0 Å². The van der Waals surface area contributed by atoms with E-state index in [-0.39, 0.29) is 6.10 Å². The third kappa shape index (κ3) is 3.37. The lowest BCUT2D eigenvalue weighted by atomic mass is 9.70. The molecule has 2 saturated carbocycles. The maximum Gasteiger partial charge on any atom is 0.0900 e. The molecule has 4 atom stereocenters. The topological polar surface area (TPSA) is 32.7 Å². The Morgan fingerprint density at radius 3 is 2.27 bits per heavy atom. The van der Waals surface area contributed by atoms with Gasteiger partial charge in [0.2, 0.25) is 0 Å². The second-order valence-corrected chi connectivity index (χ2v) is 8.39. The summed E-state index contributed by atoms with van der Waals surface area (Å²) in [6.45, 7) is 15.0. The SMILES string of the molecule is CCCN(CCC)C[C@H](O)CO[C@@H]1C[C@@H]2CC[C@]1(C)C2(C)C. The van der Waals surface area contributed by atoms with E-state index in [4.69, 9.17) is 4.74 Å². The van der Waals surface area contributed by atoms with Crippen LogP contribution >= 0.6 is 0 Å². The maximum atomic E-state index is 10.4. The largest absolute Gasteiger partial charge is 0.389 e. The van der Waals surface area contributed by atoms with Crippen molar-refractivity contribution in [3.8, 4) is 0 Å². The summed E-state index contributed by atoms with van der Waals surface area (Å²) < 4.78 is 6.22. The van der Waals surface area contributed by atoms with Gasteiger partial charge >= 0.3 is 0 Å². The second kappa shape index (κ2) is 7.19. The summed E-state index contributed by atoms with van der Waals surface area (Å²) in [5, 5.41) is 10.4. The maximum absolute atomic E-state index is 10.4. The van der Waals surface area contributed by atoms with Crippen LogP contribution in [0.2, 0.25) is 0 Å². The van der Waals surface area contributed by atoms with Gasteiger partial charge in [0.1, 0.15) is 0 Å². The Bertz CT molecular complexity index is 351. The van der Waals surface area contributed by atoms with Gasteiger partial charge in [0.05, 0.1) is 18.8 Å². The number of aliphatic hydroxyl groups is 1. The van der Waals surface area contributed by atoms with E-state index in [2.05, 4.69) is 39.5 Å². The van der Waals surface area contributed by atoms with Crippen molar-refractivity contribution in [3.63, 3.8) is 0 Å². The highest BCUT2D eigenvalue weighted by Gasteiger charge is 2.61. The predicted octanol–water partition coefficient (Wildman–Crippen LogP) is 3.70. The number of ether oxygens (including phenoxy) is 1. The number of hydrogen-bond acceptors (Lipinski definition) is 3. The van der Waals surface area contributed by atoms with Crippen molar-refractivity contribution in [1.82, 2.24) is 4.90 Å². The van der Waals surface area contributed by atoms with Gasteiger partial charge in [-0.05, 0) is 61.9 Å². The molecule has 1 N–H and O–H groups in total. The average Bonchev–Trinajstić information content (AvgIpc) is 2.78. The second-order valence-electron chi connectivity index (χ2n) is 8.39. The van der Waals surface area contributed by atoms with Gasteiger partial charge in [0, 0.05) is 6.54 Å². The van der Waals surface area contributed by atoms with Crippen LogP contribution in [0.4, 0.5) is 0 Å². The minimum atomic E-state index is -0.357. The van der Waals surface area contributed by atoms with Crippen molar-refractivity contribution >= 4 is 0 Å². The van der Waals surface area contributed by atoms with Gasteiger partial charge in [-0.15, -0.1) is 0 Å². The van der Waals surface area contributed by atoms with E-state index < -0.39 is 0 Å². The molecule has 0 unspecified atom stereocenters. The molecule has 0 aromatic carbocycles. The van der Waals surface area contributed by atoms with Crippen molar-refractivity contribution in [1.29, 1.82) is 0 Å². The number of rotatable bonds is 9. The summed E-state index contributed by atoms with van der Waals surface area (Å²) in [5.41, 5.74) is 0.684. The molecule has 2 rings (SSSR count). The summed E-state index contributed by atoms with van der Waals surface area (Å²) >= 11 is 0. The molecule has 0 aromatic heterocycles. The smallest absolute Gasteiger partial charge is 0.0900 e. The molecular weight excluding hydrogens is 274 g/mol. The van der Waals surface area contributed by atoms with Crippen LogP contribution in [-0.2, 0) is 4.74 Å². The highest BCUT2D eigenvalue weighted by atomic mass is 16.5. The van der Waals surface area contributed by atoms with Crippen LogP contribution in [0.5, 0.6) is 0 Å². The first-order valence-corrected chi connectivity index (χ1v) is 9.37. The van der Waals surface area contributed by atoms with E-state index in [1.54, 1.807) is 0 Å². The number of hydrogen-bond donors (Lipinski definition) is 1. The Morgan fingerprint density at radius 2 is 1.82 bits per heavy atom. The quantitative estimate of drug-likeness (QED) is 0.705. The minimum Gasteiger partial charge on any atom is -0.389 e. The molecule has 3 nitrogen and oxygen atoms in total. The van der Waals surface area contributed by atoms with E-state index in [0.717, 1.165) is 38.4 Å². The van der Waals surface area contributed by atoms with Gasteiger partial charge in [-0.25, -0.2) is 0 Å². The zero-order chi connectivity index (χ0) is 16.4. The van der Waals surface area contributed by atoms with E-state index in [9.17, 15) is 5.11 Å². The van der Waals surface area contributed by atoms with Gasteiger partial charge in [-0.2, -0.15) is 0 Å². The molecule has 0 heterocycles. The first-order chi connectivity index (χ1) is 10.3. The van der Waals surface area contributed by atoms with Crippen molar-refractivity contribution in [2.24, 2.45) is 16.7 Å². The summed E-state index contributed by atoms with van der Waals surface area (Å²) in [7, 11) is 0. The Hall–Kier alpha value is -0.120. The van der Waals surface area contributed by atoms with Crippen LogP contribution in [-0.4, -0.2) is 48.5 Å². The van der Waals surface area contributed by atoms with E-state index in [1.807, 2.05) is 0 Å². The Labute approximate surface area is 137 Å². The average molecular weight is 312 g/mol. The van der Waals surface area contributed by atoms with E-state index >= 15 is 0 Å². The van der Waals surface area contributed by atoms with Crippen molar-refractivity contribution < 1.29 is 9.84 Å². The number of fused-ring (bicyclic) bond motifs is 2. The van der Waals surface area contributed by atoms with Crippen LogP contribution in [0.3, 0.4) is 0 Å². The molecule has 0 saturated heterocycles. The zero-order valence-electron chi connectivity index (χ0n) is 15.4. The van der Waals surface area contributed by atoms with Crippen LogP contribution < -0.4 is 0 Å². The van der Waals surface area contributed by atoms with Gasteiger partial charge in [0.25, 0.3) is 0 Å². The minimum absolute atomic E-state index is 0.296. The van der Waals surface area contributed by atoms with Gasteiger partial charge in [-0.1, -0.05) is 34.6 Å². The molecule has 0 radical (unpaired) electrons. The Balaban J connectivity index is 1.81. The molecule has 130 valence electrons. The molecule has 0 aliphatic heterocycles. The highest BCUT2D eigenvalue weighted by molar-refractivity contribution is 5.11. The molecule has 0 spiro atoms. The lowest BCUT2D eigenvalue weighted by Gasteiger charge is -2.39. The molecular formula is C19H37NO2. The third-order valence-electron chi connectivity index (χ3n) is 6.75. The molecule has 2 aliphatic rings. The number of nitrogens with zero attached hydrogens (tertiary/aromatic N) is 1. The Morgan fingerprint density at radius 1 is 1.18 bits per heavy atom. The van der Waals surface area contributed by atoms with Crippen molar-refractivity contribution in [2.45, 2.75) is 78.9 Å². The van der Waals surface area contributed by atoms with Crippen molar-refractivity contribution in [2.75, 3.05) is 26.2 Å². The molecule has 3 heteroatoms. The lowest BCUT2D eigenvalue weighted by molar-refractivity contribution is -0.0793. The van der Waals surface area contributed by atoms with Gasteiger partial charge in [-0.3, -0.25) is 0 Å². The highest BCUT2D eigenvalue weighted by Crippen LogP contribution is 2.66. The molecule has 0 amide bonds. The normalized spacial score (nSPS) is 34.5. The zero-order valence-corrected chi connectivity index (χ0v) is 15.4. The summed E-state index contributed by atoms with van der Waals surface area (Å²) in [5.74, 6) is 0.802. The standard InChI is InChI=1S/C19H37NO2/c1-6-10-20(11-7-2)13-16(21)14-22-17-12-15-8-9-19(17,5)18(15,3)4/h15-17,21H,6-14H2,1-5H3/t15-,16-,17+,19-/m0/s1. The fraction of sp³-hybridized carbons (Fsp3) is 1.00. The summed E-state index contributed by atoms with van der Waals surface area (Å²) in [6.07, 6.45) is 6.08. The first-order valence-electron chi connectivity index (χ1n) is 9.37. The molecule has 2 bridgehead atoms. The number of aliphatic hydroxyl groups excluding tert-OH is 1. The van der Waals surface area contributed by atoms with Crippen LogP contribution in [0, 0.1) is 16.7 Å². The van der Waals surface area contributed by atoms with Crippen LogP contribution in [0.15, 0.2) is 0 Å². The summed E-state index contributed by atoms with van der Waals surface area (Å²) in [6, 6.07) is 0. The van der Waals surface area contributed by atoms with Crippen LogP contribution in [0.1, 0.15) is 66.7 Å². The third-order valence-corrected chi connectivity index (χ3v) is 6.75. The molecule has 2 aliphatic carbocycles. The molecule has 2 fully saturated rings. The van der Waals surface area contributed by atoms with E-state index in [0.29, 0.717) is 23.5 Å². The summed E-state index contributed by atoms with van der Waals surface area (Å²) in [4.78, 5) is 2.36. The molecule has 0 aromatic rings.